The van der Waals surface area contributed by atoms with Gasteiger partial charge in [0.05, 0.1) is 12.2 Å². The van der Waals surface area contributed by atoms with Gasteiger partial charge in [-0.2, -0.15) is 0 Å². The summed E-state index contributed by atoms with van der Waals surface area (Å²) < 4.78 is 10.3. The number of nitrogens with two attached hydrogens (primary N) is 1. The largest absolute Gasteiger partial charge is 0.462 e. The summed E-state index contributed by atoms with van der Waals surface area (Å²) >= 11 is 1.20. The van der Waals surface area contributed by atoms with E-state index in [4.69, 9.17) is 14.9 Å². The third-order valence-corrected chi connectivity index (χ3v) is 3.12. The molecule has 0 aliphatic carbocycles. The summed E-state index contributed by atoms with van der Waals surface area (Å²) in [7, 11) is 0. The van der Waals surface area contributed by atoms with Crippen LogP contribution in [0.4, 0.5) is 5.69 Å². The lowest BCUT2D eigenvalue weighted by Gasteiger charge is -2.07. The zero-order valence-corrected chi connectivity index (χ0v) is 11.4. The molecule has 0 spiro atoms. The Bertz CT molecular complexity index is 598. The number of hydrogen-bond donors (Lipinski definition) is 1. The fraction of sp³-hybridized carbons (Fsp3) is 0.250. The molecule has 2 aromatic rings. The van der Waals surface area contributed by atoms with E-state index in [2.05, 4.69) is 10.2 Å². The molecule has 0 saturated carbocycles. The summed E-state index contributed by atoms with van der Waals surface area (Å²) in [6.45, 7) is 3.75. The third kappa shape index (κ3) is 3.25. The standard InChI is InChI=1S/C12H13N3O3S/c1-3-17-11(16)9-6-8(13)4-5-10(9)19-12-15-14-7(2)18-12/h4-6H,3,13H2,1-2H3. The Hall–Kier alpha value is -2.02. The van der Waals surface area contributed by atoms with Gasteiger partial charge in [-0.15, -0.1) is 10.2 Å². The fourth-order valence-electron chi connectivity index (χ4n) is 1.42. The summed E-state index contributed by atoms with van der Waals surface area (Å²) in [5.74, 6) is 0.0455. The highest BCUT2D eigenvalue weighted by Gasteiger charge is 2.16. The molecule has 0 aliphatic heterocycles. The maximum atomic E-state index is 11.9. The van der Waals surface area contributed by atoms with Gasteiger partial charge in [0, 0.05) is 17.5 Å². The van der Waals surface area contributed by atoms with Crippen LogP contribution in [0.1, 0.15) is 23.2 Å². The minimum Gasteiger partial charge on any atom is -0.462 e. The average molecular weight is 279 g/mol. The van der Waals surface area contributed by atoms with Crippen LogP contribution < -0.4 is 5.73 Å². The van der Waals surface area contributed by atoms with E-state index in [1.165, 1.54) is 11.8 Å². The zero-order valence-electron chi connectivity index (χ0n) is 10.5. The number of hydrogen-bond acceptors (Lipinski definition) is 7. The van der Waals surface area contributed by atoms with E-state index in [-0.39, 0.29) is 0 Å². The molecule has 0 fully saturated rings. The van der Waals surface area contributed by atoms with Crippen LogP contribution in [-0.2, 0) is 4.74 Å². The van der Waals surface area contributed by atoms with E-state index in [9.17, 15) is 4.79 Å². The van der Waals surface area contributed by atoms with Gasteiger partial charge in [0.15, 0.2) is 0 Å². The van der Waals surface area contributed by atoms with Gasteiger partial charge in [-0.05, 0) is 36.9 Å². The zero-order chi connectivity index (χ0) is 13.8. The molecule has 7 heteroatoms. The van der Waals surface area contributed by atoms with Crippen molar-refractivity contribution in [3.8, 4) is 0 Å². The molecule has 100 valence electrons. The number of aromatic nitrogens is 2. The molecule has 1 aromatic carbocycles. The second kappa shape index (κ2) is 5.75. The minimum atomic E-state index is -0.423. The number of esters is 1. The second-order valence-corrected chi connectivity index (χ2v) is 4.66. The molecule has 1 aromatic heterocycles. The molecule has 19 heavy (non-hydrogen) atoms. The van der Waals surface area contributed by atoms with Crippen LogP contribution in [-0.4, -0.2) is 22.8 Å². The lowest BCUT2D eigenvalue weighted by Crippen LogP contribution is -2.06. The monoisotopic (exact) mass is 279 g/mol. The first kappa shape index (κ1) is 13.4. The molecule has 6 nitrogen and oxygen atoms in total. The van der Waals surface area contributed by atoms with Gasteiger partial charge >= 0.3 is 5.97 Å². The van der Waals surface area contributed by atoms with Crippen molar-refractivity contribution < 1.29 is 13.9 Å². The molecule has 0 atom stereocenters. The summed E-state index contributed by atoms with van der Waals surface area (Å²) in [6.07, 6.45) is 0. The summed E-state index contributed by atoms with van der Waals surface area (Å²) in [5.41, 5.74) is 6.58. The second-order valence-electron chi connectivity index (χ2n) is 3.67. The van der Waals surface area contributed by atoms with Crippen LogP contribution in [0.2, 0.25) is 0 Å². The Morgan fingerprint density at radius 2 is 2.26 bits per heavy atom. The van der Waals surface area contributed by atoms with E-state index < -0.39 is 5.97 Å². The molecule has 2 rings (SSSR count). The van der Waals surface area contributed by atoms with Crippen LogP contribution >= 0.6 is 11.8 Å². The smallest absolute Gasteiger partial charge is 0.339 e. The van der Waals surface area contributed by atoms with Gasteiger partial charge in [0.25, 0.3) is 5.22 Å². The number of benzene rings is 1. The first-order chi connectivity index (χ1) is 9.10. The highest BCUT2D eigenvalue weighted by Crippen LogP contribution is 2.31. The highest BCUT2D eigenvalue weighted by molar-refractivity contribution is 7.99. The van der Waals surface area contributed by atoms with Gasteiger partial charge < -0.3 is 14.9 Å². The maximum Gasteiger partial charge on any atom is 0.339 e. The van der Waals surface area contributed by atoms with Gasteiger partial charge in [-0.3, -0.25) is 0 Å². The number of nitrogens with zero attached hydrogens (tertiary/aromatic N) is 2. The average Bonchev–Trinajstić information content (AvgIpc) is 2.77. The molecule has 0 aliphatic rings. The molecule has 0 amide bonds. The van der Waals surface area contributed by atoms with E-state index in [0.29, 0.717) is 33.9 Å². The number of nitrogen functional groups attached to an aromatic ring is 1. The quantitative estimate of drug-likeness (QED) is 0.678. The van der Waals surface area contributed by atoms with Gasteiger partial charge in [0.1, 0.15) is 0 Å². The SMILES string of the molecule is CCOC(=O)c1cc(N)ccc1Sc1nnc(C)o1. The first-order valence-electron chi connectivity index (χ1n) is 5.64. The Kier molecular flexibility index (Phi) is 4.06. The number of ether oxygens (including phenoxy) is 1. The Labute approximate surface area is 114 Å². The van der Waals surface area contributed by atoms with Crippen LogP contribution in [0.5, 0.6) is 0 Å². The van der Waals surface area contributed by atoms with Crippen molar-refractivity contribution in [2.75, 3.05) is 12.3 Å². The third-order valence-electron chi connectivity index (χ3n) is 2.20. The van der Waals surface area contributed by atoms with E-state index >= 15 is 0 Å². The molecule has 0 unspecified atom stereocenters. The fourth-order valence-corrected chi connectivity index (χ4v) is 2.24. The van der Waals surface area contributed by atoms with Crippen molar-refractivity contribution in [2.45, 2.75) is 24.0 Å². The molecule has 0 bridgehead atoms. The normalized spacial score (nSPS) is 10.4. The van der Waals surface area contributed by atoms with Crippen molar-refractivity contribution in [2.24, 2.45) is 0 Å². The highest BCUT2D eigenvalue weighted by atomic mass is 32.2. The van der Waals surface area contributed by atoms with Crippen molar-refractivity contribution in [1.82, 2.24) is 10.2 Å². The van der Waals surface area contributed by atoms with E-state index in [1.807, 2.05) is 0 Å². The molecule has 1 heterocycles. The van der Waals surface area contributed by atoms with Crippen LogP contribution in [0.15, 0.2) is 32.7 Å². The van der Waals surface area contributed by atoms with Crippen molar-refractivity contribution in [3.63, 3.8) is 0 Å². The van der Waals surface area contributed by atoms with Gasteiger partial charge in [-0.25, -0.2) is 4.79 Å². The van der Waals surface area contributed by atoms with Crippen molar-refractivity contribution in [1.29, 1.82) is 0 Å². The number of anilines is 1. The topological polar surface area (TPSA) is 91.2 Å². The predicted octanol–water partition coefficient (Wildman–Crippen LogP) is 2.29. The van der Waals surface area contributed by atoms with Crippen LogP contribution in [0.3, 0.4) is 0 Å². The number of carbonyl (C=O) groups excluding carboxylic acids is 1. The van der Waals surface area contributed by atoms with Crippen molar-refractivity contribution >= 4 is 23.4 Å². The summed E-state index contributed by atoms with van der Waals surface area (Å²) in [4.78, 5) is 12.5. The molecule has 0 saturated heterocycles. The molecular weight excluding hydrogens is 266 g/mol. The molecule has 0 radical (unpaired) electrons. The van der Waals surface area contributed by atoms with Gasteiger partial charge in [-0.1, -0.05) is 0 Å². The maximum absolute atomic E-state index is 11.9. The molecular formula is C12H13N3O3S. The summed E-state index contributed by atoms with van der Waals surface area (Å²) in [6, 6.07) is 5.00. The van der Waals surface area contributed by atoms with Crippen molar-refractivity contribution in [3.05, 3.63) is 29.7 Å². The Morgan fingerprint density at radius 1 is 1.47 bits per heavy atom. The number of aryl methyl sites for hydroxylation is 1. The molecule has 2 N–H and O–H groups in total. The Morgan fingerprint density at radius 3 is 2.89 bits per heavy atom. The van der Waals surface area contributed by atoms with E-state index in [1.54, 1.807) is 32.0 Å². The number of carbonyl (C=O) groups is 1. The predicted molar refractivity (Wildman–Crippen MR) is 70.0 cm³/mol. The van der Waals surface area contributed by atoms with Gasteiger partial charge in [0.2, 0.25) is 5.89 Å². The van der Waals surface area contributed by atoms with Crippen LogP contribution in [0.25, 0.3) is 0 Å². The summed E-state index contributed by atoms with van der Waals surface area (Å²) in [5, 5.41) is 7.97. The lowest BCUT2D eigenvalue weighted by molar-refractivity contribution is 0.0522. The van der Waals surface area contributed by atoms with E-state index in [0.717, 1.165) is 0 Å². The number of rotatable bonds is 4. The minimum absolute atomic E-state index is 0.303. The van der Waals surface area contributed by atoms with Crippen LogP contribution in [0, 0.1) is 6.92 Å². The lowest BCUT2D eigenvalue weighted by atomic mass is 10.2. The Balaban J connectivity index is 2.31. The first-order valence-corrected chi connectivity index (χ1v) is 6.46.